The number of amides is 2. The molecular weight excluding hydrogens is 649 g/mol. The molecular formula is C24H20BrCl3F6N2O2. The van der Waals surface area contributed by atoms with Gasteiger partial charge < -0.3 is 10.6 Å². The summed E-state index contributed by atoms with van der Waals surface area (Å²) < 4.78 is 78.4. The van der Waals surface area contributed by atoms with Gasteiger partial charge in [-0.3, -0.25) is 9.59 Å². The number of rotatable bonds is 8. The van der Waals surface area contributed by atoms with E-state index in [1.54, 1.807) is 5.32 Å². The molecule has 0 aliphatic carbocycles. The fourth-order valence-electron chi connectivity index (χ4n) is 3.27. The van der Waals surface area contributed by atoms with Gasteiger partial charge in [-0.25, -0.2) is 0 Å². The monoisotopic (exact) mass is 666 g/mol. The highest BCUT2D eigenvalue weighted by atomic mass is 79.9. The number of benzene rings is 2. The summed E-state index contributed by atoms with van der Waals surface area (Å²) in [5, 5.41) is 3.96. The van der Waals surface area contributed by atoms with E-state index in [4.69, 9.17) is 34.8 Å². The maximum atomic E-state index is 13.8. The van der Waals surface area contributed by atoms with Crippen molar-refractivity contribution in [2.75, 3.05) is 6.54 Å². The van der Waals surface area contributed by atoms with Crippen LogP contribution in [0.1, 0.15) is 47.7 Å². The molecule has 0 bridgehead atoms. The second-order valence-corrected chi connectivity index (χ2v) is 10.9. The number of alkyl halides is 6. The lowest BCUT2D eigenvalue weighted by Crippen LogP contribution is -2.47. The molecule has 1 atom stereocenters. The third-order valence-corrected chi connectivity index (χ3v) is 6.83. The van der Waals surface area contributed by atoms with Gasteiger partial charge >= 0.3 is 12.4 Å². The van der Waals surface area contributed by atoms with Crippen molar-refractivity contribution in [2.45, 2.75) is 44.1 Å². The molecule has 4 nitrogen and oxygen atoms in total. The Morgan fingerprint density at radius 3 is 2.08 bits per heavy atom. The Morgan fingerprint density at radius 1 is 1.00 bits per heavy atom. The van der Waals surface area contributed by atoms with E-state index in [2.05, 4.69) is 21.2 Å². The van der Waals surface area contributed by atoms with Crippen LogP contribution in [0.15, 0.2) is 40.9 Å². The van der Waals surface area contributed by atoms with Crippen LogP contribution >= 0.6 is 50.7 Å². The maximum absolute atomic E-state index is 13.8. The Labute approximate surface area is 237 Å². The molecule has 2 aromatic rings. The zero-order valence-electron chi connectivity index (χ0n) is 19.6. The normalized spacial score (nSPS) is 13.5. The minimum atomic E-state index is -4.67. The third kappa shape index (κ3) is 9.66. The van der Waals surface area contributed by atoms with Crippen molar-refractivity contribution in [3.63, 3.8) is 0 Å². The van der Waals surface area contributed by atoms with Crippen LogP contribution in [0.3, 0.4) is 0 Å². The van der Waals surface area contributed by atoms with Crippen LogP contribution in [0.2, 0.25) is 15.1 Å². The molecule has 0 aromatic heterocycles. The molecule has 0 heterocycles. The summed E-state index contributed by atoms with van der Waals surface area (Å²) in [4.78, 5) is 24.5. The second kappa shape index (κ2) is 12.5. The standard InChI is InChI=1S/C24H20BrCl3F6N2O2/c1-22(2,10-19(37)35-11-23(29,30)31)36-21(38)14-5-3-12(7-16(14)25)4-6-15(24(32,33)34)13-8-17(26)20(28)18(27)9-13/h3-9,15H,10-11H2,1-2H3,(H,35,37)(H,36,38)/b6-4+. The summed E-state index contributed by atoms with van der Waals surface area (Å²) in [6.45, 7) is 1.41. The van der Waals surface area contributed by atoms with E-state index in [0.717, 1.165) is 18.2 Å². The van der Waals surface area contributed by atoms with Crippen LogP contribution in [0.5, 0.6) is 0 Å². The van der Waals surface area contributed by atoms with Gasteiger partial charge in [0.2, 0.25) is 5.91 Å². The lowest BCUT2D eigenvalue weighted by Gasteiger charge is -2.26. The van der Waals surface area contributed by atoms with Gasteiger partial charge in [-0.1, -0.05) is 53.0 Å². The predicted molar refractivity (Wildman–Crippen MR) is 139 cm³/mol. The average molecular weight is 669 g/mol. The molecule has 1 unspecified atom stereocenters. The summed E-state index contributed by atoms with van der Waals surface area (Å²) in [5.41, 5.74) is -1.01. The first kappa shape index (κ1) is 32.3. The topological polar surface area (TPSA) is 58.2 Å². The van der Waals surface area contributed by atoms with Crippen molar-refractivity contribution in [3.05, 3.63) is 72.6 Å². The zero-order valence-corrected chi connectivity index (χ0v) is 23.5. The van der Waals surface area contributed by atoms with Crippen LogP contribution < -0.4 is 10.6 Å². The van der Waals surface area contributed by atoms with E-state index in [0.29, 0.717) is 5.56 Å². The van der Waals surface area contributed by atoms with Gasteiger partial charge in [0.1, 0.15) is 6.54 Å². The number of carbonyl (C=O) groups is 2. The first-order valence-electron chi connectivity index (χ1n) is 10.6. The van der Waals surface area contributed by atoms with E-state index >= 15 is 0 Å². The first-order valence-corrected chi connectivity index (χ1v) is 12.6. The molecule has 0 saturated heterocycles. The van der Waals surface area contributed by atoms with E-state index in [-0.39, 0.29) is 30.7 Å². The van der Waals surface area contributed by atoms with Crippen molar-refractivity contribution < 1.29 is 35.9 Å². The molecule has 38 heavy (non-hydrogen) atoms. The number of carbonyl (C=O) groups excluding carboxylic acids is 2. The van der Waals surface area contributed by atoms with Crippen LogP contribution in [-0.4, -0.2) is 36.3 Å². The van der Waals surface area contributed by atoms with Crippen molar-refractivity contribution in [2.24, 2.45) is 0 Å². The number of hydrogen-bond acceptors (Lipinski definition) is 2. The van der Waals surface area contributed by atoms with E-state index in [1.807, 2.05) is 0 Å². The second-order valence-electron chi connectivity index (χ2n) is 8.82. The molecule has 0 saturated carbocycles. The molecule has 0 aliphatic rings. The van der Waals surface area contributed by atoms with Crippen molar-refractivity contribution >= 4 is 68.6 Å². The molecule has 208 valence electrons. The molecule has 14 heteroatoms. The van der Waals surface area contributed by atoms with Crippen molar-refractivity contribution in [1.29, 1.82) is 0 Å². The lowest BCUT2D eigenvalue weighted by atomic mass is 9.96. The average Bonchev–Trinajstić information content (AvgIpc) is 2.74. The van der Waals surface area contributed by atoms with Crippen LogP contribution in [-0.2, 0) is 4.79 Å². The predicted octanol–water partition coefficient (Wildman–Crippen LogP) is 8.35. The van der Waals surface area contributed by atoms with E-state index < -0.39 is 48.6 Å². The summed E-state index contributed by atoms with van der Waals surface area (Å²) in [6.07, 6.45) is -7.56. The third-order valence-electron chi connectivity index (χ3n) is 4.98. The molecule has 2 amide bonds. The number of halogens is 10. The molecule has 0 aliphatic heterocycles. The number of nitrogens with one attached hydrogen (secondary N) is 2. The fourth-order valence-corrected chi connectivity index (χ4v) is 4.46. The van der Waals surface area contributed by atoms with Gasteiger partial charge in [-0.2, -0.15) is 26.3 Å². The van der Waals surface area contributed by atoms with Gasteiger partial charge in [-0.15, -0.1) is 0 Å². The summed E-state index contributed by atoms with van der Waals surface area (Å²) in [7, 11) is 0. The Kier molecular flexibility index (Phi) is 10.6. The Hall–Kier alpha value is -1.95. The highest BCUT2D eigenvalue weighted by Crippen LogP contribution is 2.41. The van der Waals surface area contributed by atoms with Gasteiger partial charge in [0.25, 0.3) is 5.91 Å². The zero-order chi connectivity index (χ0) is 29.1. The molecule has 2 rings (SSSR count). The van der Waals surface area contributed by atoms with Gasteiger partial charge in [0.05, 0.1) is 26.5 Å². The highest BCUT2D eigenvalue weighted by Gasteiger charge is 2.39. The summed E-state index contributed by atoms with van der Waals surface area (Å²) >= 11 is 20.8. The minimum absolute atomic E-state index is 0.0649. The largest absolute Gasteiger partial charge is 0.405 e. The Balaban J connectivity index is 2.18. The highest BCUT2D eigenvalue weighted by molar-refractivity contribution is 9.10. The summed E-state index contributed by atoms with van der Waals surface area (Å²) in [5.74, 6) is -3.62. The molecule has 2 aromatic carbocycles. The summed E-state index contributed by atoms with van der Waals surface area (Å²) in [6, 6.07) is 6.30. The van der Waals surface area contributed by atoms with Crippen molar-refractivity contribution in [1.82, 2.24) is 10.6 Å². The molecule has 0 fully saturated rings. The fraction of sp³-hybridized carbons (Fsp3) is 0.333. The van der Waals surface area contributed by atoms with Gasteiger partial charge in [-0.05, 0) is 65.2 Å². The molecule has 0 radical (unpaired) electrons. The first-order chi connectivity index (χ1) is 17.3. The SMILES string of the molecule is CC(C)(CC(=O)NCC(F)(F)F)NC(=O)c1ccc(/C=C/C(c2cc(Cl)c(Cl)c(Cl)c2)C(F)(F)F)cc1Br. The van der Waals surface area contributed by atoms with Gasteiger partial charge in [0.15, 0.2) is 0 Å². The smallest absolute Gasteiger partial charge is 0.347 e. The quantitative estimate of drug-likeness (QED) is 0.220. The van der Waals surface area contributed by atoms with Crippen LogP contribution in [0.4, 0.5) is 26.3 Å². The maximum Gasteiger partial charge on any atom is 0.405 e. The van der Waals surface area contributed by atoms with E-state index in [9.17, 15) is 35.9 Å². The van der Waals surface area contributed by atoms with Crippen LogP contribution in [0.25, 0.3) is 6.08 Å². The lowest BCUT2D eigenvalue weighted by molar-refractivity contribution is -0.139. The molecule has 0 spiro atoms. The van der Waals surface area contributed by atoms with Crippen molar-refractivity contribution in [3.8, 4) is 0 Å². The minimum Gasteiger partial charge on any atom is -0.347 e. The Morgan fingerprint density at radius 2 is 1.58 bits per heavy atom. The number of allylic oxidation sites excluding steroid dienone is 1. The molecule has 2 N–H and O–H groups in total. The van der Waals surface area contributed by atoms with Gasteiger partial charge in [0, 0.05) is 16.4 Å². The van der Waals surface area contributed by atoms with E-state index in [1.165, 1.54) is 38.1 Å². The van der Waals surface area contributed by atoms with Crippen LogP contribution in [0, 0.1) is 0 Å². The number of hydrogen-bond donors (Lipinski definition) is 2. The Bertz CT molecular complexity index is 1210.